The van der Waals surface area contributed by atoms with Gasteiger partial charge in [0.15, 0.2) is 6.17 Å². The molecule has 0 aromatic rings. The fourth-order valence-corrected chi connectivity index (χ4v) is 0.710. The van der Waals surface area contributed by atoms with Gasteiger partial charge < -0.3 is 10.0 Å². The lowest BCUT2D eigenvalue weighted by Crippen LogP contribution is -2.18. The molecule has 1 atom stereocenters. The monoisotopic (exact) mass is 199 g/mol. The average molecular weight is 200 g/mol. The van der Waals surface area contributed by atoms with Crippen molar-refractivity contribution in [3.63, 3.8) is 0 Å². The van der Waals surface area contributed by atoms with Crippen LogP contribution >= 0.6 is 12.4 Å². The van der Waals surface area contributed by atoms with Crippen LogP contribution in [0.1, 0.15) is 12.8 Å². The van der Waals surface area contributed by atoms with Crippen LogP contribution < -0.4 is 0 Å². The molecule has 0 aliphatic rings. The summed E-state index contributed by atoms with van der Waals surface area (Å²) in [5.41, 5.74) is 0. The van der Waals surface area contributed by atoms with E-state index in [4.69, 9.17) is 5.11 Å². The van der Waals surface area contributed by atoms with Gasteiger partial charge in [0.1, 0.15) is 0 Å². The lowest BCUT2D eigenvalue weighted by atomic mass is 10.2. The molecular formula is C7H15ClFNO2. The van der Waals surface area contributed by atoms with E-state index >= 15 is 0 Å². The first-order chi connectivity index (χ1) is 5.04. The maximum absolute atomic E-state index is 12.4. The van der Waals surface area contributed by atoms with Crippen LogP contribution in [-0.2, 0) is 4.79 Å². The largest absolute Gasteiger partial charge is 0.479 e. The number of hydrogen-bond acceptors (Lipinski definition) is 2. The number of carboxylic acid groups (broad SMARTS) is 1. The van der Waals surface area contributed by atoms with Crippen LogP contribution in [0.4, 0.5) is 4.39 Å². The SMILES string of the molecule is CN(C)CCC[C@@H](F)C(=O)O.Cl. The van der Waals surface area contributed by atoms with Gasteiger partial charge in [-0.05, 0) is 33.5 Å². The van der Waals surface area contributed by atoms with Crippen LogP contribution in [-0.4, -0.2) is 42.8 Å². The molecule has 1 N–H and O–H groups in total. The molecule has 12 heavy (non-hydrogen) atoms. The first kappa shape index (κ1) is 14.2. The zero-order valence-electron chi connectivity index (χ0n) is 7.29. The Morgan fingerprint density at radius 2 is 2.08 bits per heavy atom. The fraction of sp³-hybridized carbons (Fsp3) is 0.857. The summed E-state index contributed by atoms with van der Waals surface area (Å²) in [6.45, 7) is 0.730. The summed E-state index contributed by atoms with van der Waals surface area (Å²) in [5.74, 6) is -1.36. The molecular weight excluding hydrogens is 185 g/mol. The van der Waals surface area contributed by atoms with Crippen molar-refractivity contribution < 1.29 is 14.3 Å². The highest BCUT2D eigenvalue weighted by Gasteiger charge is 2.14. The molecule has 0 aliphatic heterocycles. The Kier molecular flexibility index (Phi) is 8.64. The molecule has 0 rings (SSSR count). The van der Waals surface area contributed by atoms with Crippen molar-refractivity contribution in [1.29, 1.82) is 0 Å². The number of hydrogen-bond donors (Lipinski definition) is 1. The third-order valence-electron chi connectivity index (χ3n) is 1.33. The van der Waals surface area contributed by atoms with Crippen molar-refractivity contribution in [3.8, 4) is 0 Å². The van der Waals surface area contributed by atoms with Gasteiger partial charge in [0.05, 0.1) is 0 Å². The van der Waals surface area contributed by atoms with Gasteiger partial charge in [0.25, 0.3) is 0 Å². The van der Waals surface area contributed by atoms with Gasteiger partial charge >= 0.3 is 5.97 Å². The molecule has 0 spiro atoms. The molecule has 0 aromatic carbocycles. The summed E-state index contributed by atoms with van der Waals surface area (Å²) in [5, 5.41) is 8.16. The maximum Gasteiger partial charge on any atom is 0.338 e. The number of alkyl halides is 1. The molecule has 0 fully saturated rings. The van der Waals surface area contributed by atoms with Crippen LogP contribution in [0.2, 0.25) is 0 Å². The van der Waals surface area contributed by atoms with Gasteiger partial charge in [-0.25, -0.2) is 9.18 Å². The molecule has 5 heteroatoms. The van der Waals surface area contributed by atoms with E-state index in [9.17, 15) is 9.18 Å². The van der Waals surface area contributed by atoms with Crippen molar-refractivity contribution >= 4 is 18.4 Å². The second kappa shape index (κ2) is 7.31. The van der Waals surface area contributed by atoms with Crippen molar-refractivity contribution in [2.24, 2.45) is 0 Å². The lowest BCUT2D eigenvalue weighted by molar-refractivity contribution is -0.143. The Balaban J connectivity index is 0. The van der Waals surface area contributed by atoms with E-state index in [0.717, 1.165) is 6.54 Å². The fourth-order valence-electron chi connectivity index (χ4n) is 0.710. The van der Waals surface area contributed by atoms with Crippen LogP contribution in [0, 0.1) is 0 Å². The Hall–Kier alpha value is -0.350. The number of halogens is 2. The molecule has 0 saturated carbocycles. The highest BCUT2D eigenvalue weighted by Crippen LogP contribution is 2.01. The summed E-state index contributed by atoms with van der Waals surface area (Å²) in [4.78, 5) is 11.9. The molecule has 74 valence electrons. The maximum atomic E-state index is 12.4. The highest BCUT2D eigenvalue weighted by molar-refractivity contribution is 5.85. The van der Waals surface area contributed by atoms with Crippen molar-refractivity contribution in [3.05, 3.63) is 0 Å². The summed E-state index contributed by atoms with van der Waals surface area (Å²) in [7, 11) is 3.74. The first-order valence-corrected chi connectivity index (χ1v) is 3.55. The molecule has 0 heterocycles. The van der Waals surface area contributed by atoms with E-state index in [1.165, 1.54) is 0 Å². The Morgan fingerprint density at radius 3 is 2.42 bits per heavy atom. The van der Waals surface area contributed by atoms with Gasteiger partial charge in [0, 0.05) is 0 Å². The number of rotatable bonds is 5. The van der Waals surface area contributed by atoms with E-state index in [1.807, 2.05) is 19.0 Å². The van der Waals surface area contributed by atoms with Crippen LogP contribution in [0.25, 0.3) is 0 Å². The molecule has 0 aromatic heterocycles. The Bertz CT molecular complexity index is 133. The van der Waals surface area contributed by atoms with Crippen LogP contribution in [0.3, 0.4) is 0 Å². The summed E-state index contributed by atoms with van der Waals surface area (Å²) >= 11 is 0. The second-order valence-electron chi connectivity index (χ2n) is 2.75. The van der Waals surface area contributed by atoms with Crippen LogP contribution in [0.5, 0.6) is 0 Å². The quantitative estimate of drug-likeness (QED) is 0.723. The zero-order chi connectivity index (χ0) is 8.85. The van der Waals surface area contributed by atoms with Crippen molar-refractivity contribution in [1.82, 2.24) is 4.90 Å². The second-order valence-corrected chi connectivity index (χ2v) is 2.75. The summed E-state index contributed by atoms with van der Waals surface area (Å²) in [6.07, 6.45) is -1.01. The number of carboxylic acids is 1. The first-order valence-electron chi connectivity index (χ1n) is 3.55. The minimum Gasteiger partial charge on any atom is -0.479 e. The van der Waals surface area contributed by atoms with Gasteiger partial charge in [-0.1, -0.05) is 0 Å². The van der Waals surface area contributed by atoms with E-state index in [0.29, 0.717) is 6.42 Å². The zero-order valence-corrected chi connectivity index (χ0v) is 8.10. The topological polar surface area (TPSA) is 40.5 Å². The number of carbonyl (C=O) groups is 1. The Morgan fingerprint density at radius 1 is 1.58 bits per heavy atom. The lowest BCUT2D eigenvalue weighted by Gasteiger charge is -2.08. The van der Waals surface area contributed by atoms with Gasteiger partial charge in [-0.3, -0.25) is 0 Å². The van der Waals surface area contributed by atoms with Gasteiger partial charge in [0.2, 0.25) is 0 Å². The van der Waals surface area contributed by atoms with Gasteiger partial charge in [-0.15, -0.1) is 12.4 Å². The molecule has 0 aliphatic carbocycles. The normalized spacial score (nSPS) is 12.3. The molecule has 0 amide bonds. The minimum atomic E-state index is -1.70. The highest BCUT2D eigenvalue weighted by atomic mass is 35.5. The standard InChI is InChI=1S/C7H14FNO2.ClH/c1-9(2)5-3-4-6(8)7(10)11;/h6H,3-5H2,1-2H3,(H,10,11);1H/t6-;/m1./s1. The van der Waals surface area contributed by atoms with E-state index in [2.05, 4.69) is 0 Å². The van der Waals surface area contributed by atoms with Crippen molar-refractivity contribution in [2.45, 2.75) is 19.0 Å². The predicted octanol–water partition coefficient (Wildman–Crippen LogP) is 1.17. The molecule has 3 nitrogen and oxygen atoms in total. The van der Waals surface area contributed by atoms with E-state index in [1.54, 1.807) is 0 Å². The molecule has 0 saturated heterocycles. The predicted molar refractivity (Wildman–Crippen MR) is 47.6 cm³/mol. The van der Waals surface area contributed by atoms with Gasteiger partial charge in [-0.2, -0.15) is 0 Å². The van der Waals surface area contributed by atoms with Crippen molar-refractivity contribution in [2.75, 3.05) is 20.6 Å². The average Bonchev–Trinajstić information content (AvgIpc) is 1.86. The molecule has 0 radical (unpaired) electrons. The summed E-state index contributed by atoms with van der Waals surface area (Å²) in [6, 6.07) is 0. The third kappa shape index (κ3) is 7.75. The third-order valence-corrected chi connectivity index (χ3v) is 1.33. The van der Waals surface area contributed by atoms with E-state index in [-0.39, 0.29) is 18.8 Å². The molecule has 0 unspecified atom stereocenters. The molecule has 0 bridgehead atoms. The smallest absolute Gasteiger partial charge is 0.338 e. The number of nitrogens with zero attached hydrogens (tertiary/aromatic N) is 1. The Labute approximate surface area is 78.0 Å². The van der Waals surface area contributed by atoms with Crippen LogP contribution in [0.15, 0.2) is 0 Å². The minimum absolute atomic E-state index is 0. The number of aliphatic carboxylic acids is 1. The summed E-state index contributed by atoms with van der Waals surface area (Å²) < 4.78 is 12.4. The van der Waals surface area contributed by atoms with E-state index < -0.39 is 12.1 Å².